The predicted molar refractivity (Wildman–Crippen MR) is 94.2 cm³/mol. The van der Waals surface area contributed by atoms with Gasteiger partial charge >= 0.3 is 0 Å². The molecule has 1 heterocycles. The van der Waals surface area contributed by atoms with Gasteiger partial charge in [0, 0.05) is 18.0 Å². The lowest BCUT2D eigenvalue weighted by atomic mass is 10.1. The Kier molecular flexibility index (Phi) is 4.96. The molecule has 2 aromatic carbocycles. The SMILES string of the molecule is O=C(CSCCN1C(=O)c2ccccc2C1=O)Nc1ccccc1. The monoisotopic (exact) mass is 340 g/mol. The molecular weight excluding hydrogens is 324 g/mol. The highest BCUT2D eigenvalue weighted by molar-refractivity contribution is 7.99. The van der Waals surface area contributed by atoms with Crippen LogP contribution < -0.4 is 5.32 Å². The highest BCUT2D eigenvalue weighted by Gasteiger charge is 2.34. The summed E-state index contributed by atoms with van der Waals surface area (Å²) in [6.45, 7) is 0.301. The van der Waals surface area contributed by atoms with Crippen LogP contribution in [0.25, 0.3) is 0 Å². The standard InChI is InChI=1S/C18H16N2O3S/c21-16(19-13-6-2-1-3-7-13)12-24-11-10-20-17(22)14-8-4-5-9-15(14)18(20)23/h1-9H,10-12H2,(H,19,21). The van der Waals surface area contributed by atoms with Crippen LogP contribution in [-0.4, -0.2) is 40.7 Å². The molecule has 3 amide bonds. The van der Waals surface area contributed by atoms with Crippen LogP contribution in [0.1, 0.15) is 20.7 Å². The van der Waals surface area contributed by atoms with Crippen LogP contribution >= 0.6 is 11.8 Å². The predicted octanol–water partition coefficient (Wildman–Crippen LogP) is 2.65. The Hall–Kier alpha value is -2.60. The molecule has 0 bridgehead atoms. The Morgan fingerprint density at radius 3 is 2.12 bits per heavy atom. The van der Waals surface area contributed by atoms with Crippen LogP contribution in [-0.2, 0) is 4.79 Å². The van der Waals surface area contributed by atoms with Gasteiger partial charge in [0.05, 0.1) is 16.9 Å². The van der Waals surface area contributed by atoms with Crippen molar-refractivity contribution in [2.24, 2.45) is 0 Å². The van der Waals surface area contributed by atoms with E-state index >= 15 is 0 Å². The number of carbonyl (C=O) groups is 3. The van der Waals surface area contributed by atoms with Gasteiger partial charge in [-0.2, -0.15) is 11.8 Å². The van der Waals surface area contributed by atoms with Gasteiger partial charge in [-0.25, -0.2) is 0 Å². The summed E-state index contributed by atoms with van der Waals surface area (Å²) in [7, 11) is 0. The molecule has 0 aromatic heterocycles. The topological polar surface area (TPSA) is 66.5 Å². The summed E-state index contributed by atoms with van der Waals surface area (Å²) < 4.78 is 0. The van der Waals surface area contributed by atoms with E-state index in [0.717, 1.165) is 5.69 Å². The molecule has 1 aliphatic rings. The van der Waals surface area contributed by atoms with Crippen LogP contribution in [0.2, 0.25) is 0 Å². The molecule has 0 unspecified atom stereocenters. The lowest BCUT2D eigenvalue weighted by Crippen LogP contribution is -2.32. The van der Waals surface area contributed by atoms with Gasteiger partial charge in [0.2, 0.25) is 5.91 Å². The zero-order valence-electron chi connectivity index (χ0n) is 12.9. The Balaban J connectivity index is 1.45. The molecule has 0 fully saturated rings. The fourth-order valence-electron chi connectivity index (χ4n) is 2.48. The van der Waals surface area contributed by atoms with E-state index in [2.05, 4.69) is 5.32 Å². The van der Waals surface area contributed by atoms with E-state index in [1.807, 2.05) is 30.3 Å². The first-order valence-electron chi connectivity index (χ1n) is 7.54. The first kappa shape index (κ1) is 16.3. The molecule has 0 aliphatic carbocycles. The van der Waals surface area contributed by atoms with Gasteiger partial charge in [0.25, 0.3) is 11.8 Å². The van der Waals surface area contributed by atoms with E-state index in [9.17, 15) is 14.4 Å². The van der Waals surface area contributed by atoms with Gasteiger partial charge in [0.1, 0.15) is 0 Å². The van der Waals surface area contributed by atoms with E-state index in [1.165, 1.54) is 16.7 Å². The maximum Gasteiger partial charge on any atom is 0.261 e. The van der Waals surface area contributed by atoms with Gasteiger partial charge in [-0.1, -0.05) is 30.3 Å². The summed E-state index contributed by atoms with van der Waals surface area (Å²) in [6, 6.07) is 16.0. The summed E-state index contributed by atoms with van der Waals surface area (Å²) in [5.74, 6) is 0.176. The Morgan fingerprint density at radius 1 is 0.917 bits per heavy atom. The van der Waals surface area contributed by atoms with Crippen molar-refractivity contribution in [3.8, 4) is 0 Å². The van der Waals surface area contributed by atoms with Gasteiger partial charge < -0.3 is 5.32 Å². The number of nitrogens with one attached hydrogen (secondary N) is 1. The first-order chi connectivity index (χ1) is 11.7. The number of imide groups is 1. The second-order valence-corrected chi connectivity index (χ2v) is 6.38. The summed E-state index contributed by atoms with van der Waals surface area (Å²) in [5.41, 5.74) is 1.66. The van der Waals surface area contributed by atoms with Crippen molar-refractivity contribution in [1.29, 1.82) is 0 Å². The minimum absolute atomic E-state index is 0.103. The van der Waals surface area contributed by atoms with E-state index in [1.54, 1.807) is 24.3 Å². The highest BCUT2D eigenvalue weighted by atomic mass is 32.2. The highest BCUT2D eigenvalue weighted by Crippen LogP contribution is 2.22. The molecule has 24 heavy (non-hydrogen) atoms. The molecule has 2 aromatic rings. The zero-order valence-corrected chi connectivity index (χ0v) is 13.7. The number of carbonyl (C=O) groups excluding carboxylic acids is 3. The largest absolute Gasteiger partial charge is 0.325 e. The minimum atomic E-state index is -0.259. The molecule has 1 aliphatic heterocycles. The Bertz CT molecular complexity index is 742. The minimum Gasteiger partial charge on any atom is -0.325 e. The lowest BCUT2D eigenvalue weighted by Gasteiger charge is -2.13. The van der Waals surface area contributed by atoms with Gasteiger partial charge in [0.15, 0.2) is 0 Å². The van der Waals surface area contributed by atoms with Crippen molar-refractivity contribution >= 4 is 35.2 Å². The van der Waals surface area contributed by atoms with Crippen molar-refractivity contribution in [2.75, 3.05) is 23.4 Å². The lowest BCUT2D eigenvalue weighted by molar-refractivity contribution is -0.113. The van der Waals surface area contributed by atoms with E-state index in [0.29, 0.717) is 23.4 Å². The van der Waals surface area contributed by atoms with E-state index < -0.39 is 0 Å². The Labute approximate surface area is 144 Å². The van der Waals surface area contributed by atoms with Crippen LogP contribution in [0.5, 0.6) is 0 Å². The molecule has 6 heteroatoms. The van der Waals surface area contributed by atoms with Crippen molar-refractivity contribution < 1.29 is 14.4 Å². The van der Waals surface area contributed by atoms with Crippen molar-refractivity contribution in [2.45, 2.75) is 0 Å². The van der Waals surface area contributed by atoms with Crippen LogP contribution in [0.3, 0.4) is 0 Å². The maximum atomic E-state index is 12.2. The fourth-order valence-corrected chi connectivity index (χ4v) is 3.20. The molecule has 0 saturated heterocycles. The third kappa shape index (κ3) is 3.49. The van der Waals surface area contributed by atoms with E-state index in [-0.39, 0.29) is 23.5 Å². The molecule has 5 nitrogen and oxygen atoms in total. The molecular formula is C18H16N2O3S. The smallest absolute Gasteiger partial charge is 0.261 e. The average Bonchev–Trinajstić information content (AvgIpc) is 2.84. The van der Waals surface area contributed by atoms with Crippen molar-refractivity contribution in [3.63, 3.8) is 0 Å². The number of nitrogens with zero attached hydrogens (tertiary/aromatic N) is 1. The van der Waals surface area contributed by atoms with Crippen molar-refractivity contribution in [3.05, 3.63) is 65.7 Å². The van der Waals surface area contributed by atoms with E-state index in [4.69, 9.17) is 0 Å². The van der Waals surface area contributed by atoms with Gasteiger partial charge in [-0.15, -0.1) is 0 Å². The number of fused-ring (bicyclic) bond motifs is 1. The molecule has 0 saturated carbocycles. The maximum absolute atomic E-state index is 12.2. The Morgan fingerprint density at radius 2 is 1.50 bits per heavy atom. The number of benzene rings is 2. The molecule has 0 radical (unpaired) electrons. The fraction of sp³-hybridized carbons (Fsp3) is 0.167. The van der Waals surface area contributed by atoms with Crippen LogP contribution in [0.15, 0.2) is 54.6 Å². The second kappa shape index (κ2) is 7.31. The summed E-state index contributed by atoms with van der Waals surface area (Å²) in [5, 5.41) is 2.79. The second-order valence-electron chi connectivity index (χ2n) is 5.27. The molecule has 122 valence electrons. The third-order valence-electron chi connectivity index (χ3n) is 3.63. The molecule has 1 N–H and O–H groups in total. The summed E-state index contributed by atoms with van der Waals surface area (Å²) in [6.07, 6.45) is 0. The summed E-state index contributed by atoms with van der Waals surface area (Å²) in [4.78, 5) is 37.5. The van der Waals surface area contributed by atoms with Gasteiger partial charge in [-0.05, 0) is 24.3 Å². The normalized spacial score (nSPS) is 13.1. The average molecular weight is 340 g/mol. The number of rotatable bonds is 6. The third-order valence-corrected chi connectivity index (χ3v) is 4.57. The number of anilines is 1. The quantitative estimate of drug-likeness (QED) is 0.648. The summed E-state index contributed by atoms with van der Waals surface area (Å²) >= 11 is 1.39. The van der Waals surface area contributed by atoms with Crippen LogP contribution in [0.4, 0.5) is 5.69 Å². The van der Waals surface area contributed by atoms with Crippen molar-refractivity contribution in [1.82, 2.24) is 4.90 Å². The van der Waals surface area contributed by atoms with Crippen LogP contribution in [0, 0.1) is 0 Å². The molecule has 0 spiro atoms. The number of para-hydroxylation sites is 1. The zero-order chi connectivity index (χ0) is 16.9. The van der Waals surface area contributed by atoms with Gasteiger partial charge in [-0.3, -0.25) is 19.3 Å². The number of amides is 3. The number of hydrogen-bond acceptors (Lipinski definition) is 4. The molecule has 0 atom stereocenters. The molecule has 3 rings (SSSR count). The number of thioether (sulfide) groups is 1. The first-order valence-corrected chi connectivity index (χ1v) is 8.70. The number of hydrogen-bond donors (Lipinski definition) is 1.